The van der Waals surface area contributed by atoms with Gasteiger partial charge >= 0.3 is 0 Å². The van der Waals surface area contributed by atoms with E-state index in [4.69, 9.17) is 14.2 Å². The van der Waals surface area contributed by atoms with Crippen molar-refractivity contribution in [1.29, 1.82) is 0 Å². The van der Waals surface area contributed by atoms with Crippen LogP contribution in [0, 0.1) is 0 Å². The van der Waals surface area contributed by atoms with Crippen molar-refractivity contribution in [2.24, 2.45) is 0 Å². The summed E-state index contributed by atoms with van der Waals surface area (Å²) >= 11 is 0. The molecule has 19 heavy (non-hydrogen) atoms. The van der Waals surface area contributed by atoms with E-state index in [-0.39, 0.29) is 12.2 Å². The number of rotatable bonds is 8. The summed E-state index contributed by atoms with van der Waals surface area (Å²) in [7, 11) is 0. The number of aldehydes is 1. The highest BCUT2D eigenvalue weighted by molar-refractivity contribution is 5.57. The van der Waals surface area contributed by atoms with Crippen molar-refractivity contribution in [3.05, 3.63) is 29.8 Å². The van der Waals surface area contributed by atoms with Crippen molar-refractivity contribution in [2.75, 3.05) is 13.2 Å². The molecule has 0 spiro atoms. The molecular formula is C15H20O4. The Hall–Kier alpha value is -1.39. The van der Waals surface area contributed by atoms with Crippen molar-refractivity contribution >= 4 is 6.29 Å². The monoisotopic (exact) mass is 264 g/mol. The predicted molar refractivity (Wildman–Crippen MR) is 71.5 cm³/mol. The Balaban J connectivity index is 1.90. The van der Waals surface area contributed by atoms with E-state index in [2.05, 4.69) is 0 Å². The molecule has 0 unspecified atom stereocenters. The maximum absolute atomic E-state index is 11.0. The van der Waals surface area contributed by atoms with Gasteiger partial charge in [0.1, 0.15) is 30.9 Å². The summed E-state index contributed by atoms with van der Waals surface area (Å²) in [5.74, 6) is 0.808. The fourth-order valence-corrected chi connectivity index (χ4v) is 1.83. The maximum Gasteiger partial charge on any atom is 0.149 e. The van der Waals surface area contributed by atoms with Crippen LogP contribution in [-0.4, -0.2) is 37.8 Å². The first-order chi connectivity index (χ1) is 9.17. The molecule has 2 rings (SSSR count). The number of carbonyl (C=O) groups is 1. The molecule has 104 valence electrons. The molecule has 0 radical (unpaired) electrons. The molecule has 0 bridgehead atoms. The van der Waals surface area contributed by atoms with E-state index in [1.54, 1.807) is 0 Å². The summed E-state index contributed by atoms with van der Waals surface area (Å²) < 4.78 is 16.2. The Labute approximate surface area is 113 Å². The molecule has 2 atom stereocenters. The van der Waals surface area contributed by atoms with Crippen LogP contribution in [0.2, 0.25) is 0 Å². The third-order valence-corrected chi connectivity index (χ3v) is 2.77. The molecule has 0 N–H and O–H groups in total. The Kier molecular flexibility index (Phi) is 4.93. The van der Waals surface area contributed by atoms with E-state index in [1.165, 1.54) is 0 Å². The summed E-state index contributed by atoms with van der Waals surface area (Å²) in [6.07, 6.45) is 1.31. The Morgan fingerprint density at radius 1 is 1.47 bits per heavy atom. The zero-order valence-electron chi connectivity index (χ0n) is 11.4. The van der Waals surface area contributed by atoms with E-state index in [1.807, 2.05) is 38.1 Å². The first kappa shape index (κ1) is 14.0. The van der Waals surface area contributed by atoms with Crippen molar-refractivity contribution in [1.82, 2.24) is 0 Å². The lowest BCUT2D eigenvalue weighted by Crippen LogP contribution is -2.21. The van der Waals surface area contributed by atoms with Crippen LogP contribution >= 0.6 is 0 Å². The molecule has 1 aromatic carbocycles. The van der Waals surface area contributed by atoms with E-state index in [9.17, 15) is 4.79 Å². The fourth-order valence-electron chi connectivity index (χ4n) is 1.83. The normalized spacial score (nSPS) is 19.2. The molecule has 1 aliphatic rings. The van der Waals surface area contributed by atoms with E-state index in [0.29, 0.717) is 13.0 Å². The minimum absolute atomic E-state index is 0.0432. The van der Waals surface area contributed by atoms with Gasteiger partial charge in [0.15, 0.2) is 0 Å². The summed E-state index contributed by atoms with van der Waals surface area (Å²) in [5.41, 5.74) is 1.03. The molecule has 1 fully saturated rings. The van der Waals surface area contributed by atoms with Gasteiger partial charge in [-0.1, -0.05) is 12.1 Å². The standard InChI is InChI=1S/C15H20O4/c1-11(2)19-14(8-16)7-12-4-3-5-13(6-12)17-9-15-10-18-15/h3-6,8,11,14-15H,7,9-10H2,1-2H3/t14-,15+/m0/s1. The number of epoxide rings is 1. The second-order valence-corrected chi connectivity index (χ2v) is 4.98. The van der Waals surface area contributed by atoms with Gasteiger partial charge in [0.05, 0.1) is 12.7 Å². The number of benzene rings is 1. The molecule has 1 aliphatic heterocycles. The molecule has 1 aromatic rings. The maximum atomic E-state index is 11.0. The molecular weight excluding hydrogens is 244 g/mol. The van der Waals surface area contributed by atoms with Crippen LogP contribution in [0.5, 0.6) is 5.75 Å². The topological polar surface area (TPSA) is 48.1 Å². The smallest absolute Gasteiger partial charge is 0.149 e. The Morgan fingerprint density at radius 2 is 2.26 bits per heavy atom. The van der Waals surface area contributed by atoms with Crippen LogP contribution in [-0.2, 0) is 20.7 Å². The SMILES string of the molecule is CC(C)O[C@H](C=O)Cc1cccc(OC[C@@H]2CO2)c1. The van der Waals surface area contributed by atoms with Crippen LogP contribution < -0.4 is 4.74 Å². The molecule has 1 heterocycles. The molecule has 4 nitrogen and oxygen atoms in total. The van der Waals surface area contributed by atoms with Crippen molar-refractivity contribution in [2.45, 2.75) is 38.6 Å². The van der Waals surface area contributed by atoms with Gasteiger partial charge in [-0.25, -0.2) is 0 Å². The average Bonchev–Trinajstić information content (AvgIpc) is 3.19. The van der Waals surface area contributed by atoms with Crippen molar-refractivity contribution in [3.63, 3.8) is 0 Å². The zero-order chi connectivity index (χ0) is 13.7. The lowest BCUT2D eigenvalue weighted by Gasteiger charge is -2.15. The zero-order valence-corrected chi connectivity index (χ0v) is 11.4. The van der Waals surface area contributed by atoms with Crippen LogP contribution in [0.25, 0.3) is 0 Å². The molecule has 0 saturated carbocycles. The summed E-state index contributed by atoms with van der Waals surface area (Å²) in [4.78, 5) is 11.0. The van der Waals surface area contributed by atoms with Gasteiger partial charge in [0.2, 0.25) is 0 Å². The van der Waals surface area contributed by atoms with Gasteiger partial charge in [0, 0.05) is 6.42 Å². The second kappa shape index (κ2) is 6.68. The van der Waals surface area contributed by atoms with Crippen LogP contribution in [0.15, 0.2) is 24.3 Å². The lowest BCUT2D eigenvalue weighted by molar-refractivity contribution is -0.120. The Morgan fingerprint density at radius 3 is 2.89 bits per heavy atom. The minimum Gasteiger partial charge on any atom is -0.491 e. The van der Waals surface area contributed by atoms with Gasteiger partial charge in [-0.2, -0.15) is 0 Å². The van der Waals surface area contributed by atoms with Crippen molar-refractivity contribution in [3.8, 4) is 5.75 Å². The van der Waals surface area contributed by atoms with Crippen LogP contribution in [0.1, 0.15) is 19.4 Å². The van der Waals surface area contributed by atoms with E-state index >= 15 is 0 Å². The predicted octanol–water partition coefficient (Wildman–Crippen LogP) is 2.00. The number of ether oxygens (including phenoxy) is 3. The van der Waals surface area contributed by atoms with E-state index < -0.39 is 6.10 Å². The van der Waals surface area contributed by atoms with Gasteiger partial charge in [0.25, 0.3) is 0 Å². The highest BCUT2D eigenvalue weighted by Gasteiger charge is 2.23. The summed E-state index contributed by atoms with van der Waals surface area (Å²) in [5, 5.41) is 0. The summed E-state index contributed by atoms with van der Waals surface area (Å²) in [6.45, 7) is 5.22. The van der Waals surface area contributed by atoms with Gasteiger partial charge in [-0.15, -0.1) is 0 Å². The van der Waals surface area contributed by atoms with Gasteiger partial charge in [-0.3, -0.25) is 0 Å². The minimum atomic E-state index is -0.401. The highest BCUT2D eigenvalue weighted by atomic mass is 16.6. The second-order valence-electron chi connectivity index (χ2n) is 4.98. The quantitative estimate of drug-likeness (QED) is 0.532. The third kappa shape index (κ3) is 5.01. The fraction of sp³-hybridized carbons (Fsp3) is 0.533. The van der Waals surface area contributed by atoms with Gasteiger partial charge < -0.3 is 19.0 Å². The molecule has 0 aromatic heterocycles. The molecule has 4 heteroatoms. The van der Waals surface area contributed by atoms with Crippen LogP contribution in [0.3, 0.4) is 0 Å². The van der Waals surface area contributed by atoms with Gasteiger partial charge in [-0.05, 0) is 31.5 Å². The molecule has 0 amide bonds. The number of hydrogen-bond acceptors (Lipinski definition) is 4. The van der Waals surface area contributed by atoms with Crippen LogP contribution in [0.4, 0.5) is 0 Å². The highest BCUT2D eigenvalue weighted by Crippen LogP contribution is 2.18. The van der Waals surface area contributed by atoms with E-state index in [0.717, 1.165) is 24.2 Å². The first-order valence-corrected chi connectivity index (χ1v) is 6.61. The summed E-state index contributed by atoms with van der Waals surface area (Å²) in [6, 6.07) is 7.75. The average molecular weight is 264 g/mol. The number of carbonyl (C=O) groups excluding carboxylic acids is 1. The Bertz CT molecular complexity index is 412. The first-order valence-electron chi connectivity index (χ1n) is 6.61. The molecule has 1 saturated heterocycles. The molecule has 0 aliphatic carbocycles. The largest absolute Gasteiger partial charge is 0.491 e. The van der Waals surface area contributed by atoms with Crippen molar-refractivity contribution < 1.29 is 19.0 Å². The number of hydrogen-bond donors (Lipinski definition) is 0. The third-order valence-electron chi connectivity index (χ3n) is 2.77. The lowest BCUT2D eigenvalue weighted by atomic mass is 10.1.